The van der Waals surface area contributed by atoms with Crippen molar-refractivity contribution >= 4 is 45.6 Å². The van der Waals surface area contributed by atoms with Crippen LogP contribution in [-0.4, -0.2) is 57.6 Å². The number of carbonyl (C=O) groups excluding carboxylic acids is 2. The molecule has 210 valence electrons. The van der Waals surface area contributed by atoms with Crippen LogP contribution in [0, 0.1) is 5.82 Å². The van der Waals surface area contributed by atoms with E-state index in [9.17, 15) is 9.59 Å². The molecule has 1 atom stereocenters. The molecule has 4 aromatic rings. The fraction of sp³-hybridized carbons (Fsp3) is 0.310. The number of aryl methyl sites for hydroxylation is 1. The average molecular weight is 593 g/mol. The van der Waals surface area contributed by atoms with Crippen molar-refractivity contribution in [2.75, 3.05) is 36.5 Å². The van der Waals surface area contributed by atoms with Crippen LogP contribution >= 0.6 is 22.9 Å². The van der Waals surface area contributed by atoms with Gasteiger partial charge in [-0.15, -0.1) is 11.3 Å². The van der Waals surface area contributed by atoms with Crippen molar-refractivity contribution in [2.24, 2.45) is 0 Å². The molecule has 3 aliphatic rings. The summed E-state index contributed by atoms with van der Waals surface area (Å²) in [5.41, 5.74) is 4.06. The Morgan fingerprint density at radius 1 is 1.12 bits per heavy atom. The zero-order valence-electron chi connectivity index (χ0n) is 22.0. The molecule has 7 rings (SSSR count). The first-order valence-electron chi connectivity index (χ1n) is 13.5. The minimum absolute atomic E-state index is 0.0424. The Hall–Kier alpha value is -3.80. The lowest BCUT2D eigenvalue weighted by atomic mass is 9.99. The van der Waals surface area contributed by atoms with Crippen molar-refractivity contribution < 1.29 is 18.7 Å². The first-order chi connectivity index (χ1) is 20.0. The van der Waals surface area contributed by atoms with Gasteiger partial charge in [0.15, 0.2) is 11.2 Å². The zero-order chi connectivity index (χ0) is 28.1. The van der Waals surface area contributed by atoms with Gasteiger partial charge in [-0.1, -0.05) is 17.7 Å². The van der Waals surface area contributed by atoms with Crippen LogP contribution in [0.3, 0.4) is 0 Å². The Morgan fingerprint density at radius 2 is 1.98 bits per heavy atom. The zero-order valence-corrected chi connectivity index (χ0v) is 23.6. The van der Waals surface area contributed by atoms with Crippen molar-refractivity contribution in [3.8, 4) is 11.1 Å². The average Bonchev–Trinajstić information content (AvgIpc) is 3.77. The molecular weight excluding hydrogens is 567 g/mol. The molecule has 3 aliphatic heterocycles. The number of fused-ring (bicyclic) bond motifs is 2. The molecule has 0 spiro atoms. The van der Waals surface area contributed by atoms with Gasteiger partial charge >= 0.3 is 0 Å². The van der Waals surface area contributed by atoms with Gasteiger partial charge in [0.25, 0.3) is 11.8 Å². The molecule has 1 N–H and O–H groups in total. The molecule has 0 radical (unpaired) electrons. The molecule has 1 fully saturated rings. The molecule has 1 unspecified atom stereocenters. The van der Waals surface area contributed by atoms with E-state index in [2.05, 4.69) is 20.2 Å². The molecule has 5 heterocycles. The number of nitrogens with zero attached hydrogens (tertiary/aromatic N) is 5. The van der Waals surface area contributed by atoms with Gasteiger partial charge in [-0.3, -0.25) is 14.9 Å². The van der Waals surface area contributed by atoms with Crippen molar-refractivity contribution in [3.63, 3.8) is 0 Å². The number of thiazole rings is 1. The number of hydrogen-bond acceptors (Lipinski definition) is 7. The van der Waals surface area contributed by atoms with Gasteiger partial charge in [-0.2, -0.15) is 0 Å². The number of amides is 2. The molecule has 41 heavy (non-hydrogen) atoms. The molecule has 0 saturated carbocycles. The highest BCUT2D eigenvalue weighted by Crippen LogP contribution is 2.39. The number of anilines is 2. The molecule has 2 aromatic heterocycles. The van der Waals surface area contributed by atoms with E-state index in [1.165, 1.54) is 22.3 Å². The van der Waals surface area contributed by atoms with Gasteiger partial charge in [0, 0.05) is 48.0 Å². The van der Waals surface area contributed by atoms with Gasteiger partial charge < -0.3 is 19.1 Å². The third-order valence-corrected chi connectivity index (χ3v) is 8.91. The molecule has 9 nitrogen and oxygen atoms in total. The number of ether oxygens (including phenoxy) is 1. The van der Waals surface area contributed by atoms with E-state index in [0.717, 1.165) is 43.9 Å². The Morgan fingerprint density at radius 3 is 2.76 bits per heavy atom. The Kier molecular flexibility index (Phi) is 6.72. The lowest BCUT2D eigenvalue weighted by molar-refractivity contribution is -0.121. The molecule has 2 amide bonds. The Bertz CT molecular complexity index is 1650. The van der Waals surface area contributed by atoms with Gasteiger partial charge in [0.2, 0.25) is 0 Å². The number of hydrogen-bond donors (Lipinski definition) is 1. The number of nitrogens with one attached hydrogen (secondary N) is 1. The van der Waals surface area contributed by atoms with E-state index in [0.29, 0.717) is 40.2 Å². The summed E-state index contributed by atoms with van der Waals surface area (Å²) in [5.74, 6) is -1.35. The monoisotopic (exact) mass is 592 g/mol. The molecule has 0 bridgehead atoms. The van der Waals surface area contributed by atoms with Crippen molar-refractivity contribution in [2.45, 2.75) is 32.0 Å². The molecule has 0 aliphatic carbocycles. The minimum atomic E-state index is -1.03. The maximum atomic E-state index is 15.6. The standard InChI is InChI=1S/C29H26ClFN6O3S/c30-21-13-17(3-4-23(21)35-7-9-40-10-8-35)18-12-19-20(22(31)14-18)15-37(28(19)39)26(27(38)34-29-32-5-11-41-29)25-24-2-1-6-36(24)16-33-25/h3-5,11-14,16,26H,1-2,6-10,15H2,(H,32,34,38). The quantitative estimate of drug-likeness (QED) is 0.342. The van der Waals surface area contributed by atoms with E-state index < -0.39 is 23.7 Å². The predicted molar refractivity (Wildman–Crippen MR) is 154 cm³/mol. The summed E-state index contributed by atoms with van der Waals surface area (Å²) in [6.45, 7) is 3.53. The highest BCUT2D eigenvalue weighted by atomic mass is 35.5. The summed E-state index contributed by atoms with van der Waals surface area (Å²) < 4.78 is 23.1. The normalized spacial score (nSPS) is 17.1. The van der Waals surface area contributed by atoms with E-state index in [1.807, 2.05) is 16.7 Å². The van der Waals surface area contributed by atoms with E-state index in [4.69, 9.17) is 16.3 Å². The van der Waals surface area contributed by atoms with E-state index >= 15 is 4.39 Å². The van der Waals surface area contributed by atoms with Crippen LogP contribution in [0.2, 0.25) is 5.02 Å². The lowest BCUT2D eigenvalue weighted by Crippen LogP contribution is -2.38. The topological polar surface area (TPSA) is 92.6 Å². The van der Waals surface area contributed by atoms with Crippen LogP contribution in [0.5, 0.6) is 0 Å². The van der Waals surface area contributed by atoms with Crippen LogP contribution in [0.1, 0.15) is 39.8 Å². The van der Waals surface area contributed by atoms with Crippen LogP contribution in [-0.2, 0) is 29.0 Å². The lowest BCUT2D eigenvalue weighted by Gasteiger charge is -2.29. The van der Waals surface area contributed by atoms with Crippen LogP contribution in [0.15, 0.2) is 48.2 Å². The van der Waals surface area contributed by atoms with Crippen LogP contribution in [0.25, 0.3) is 11.1 Å². The highest BCUT2D eigenvalue weighted by molar-refractivity contribution is 7.13. The summed E-state index contributed by atoms with van der Waals surface area (Å²) in [6, 6.07) is 7.68. The third-order valence-electron chi connectivity index (χ3n) is 7.92. The number of benzene rings is 2. The molecular formula is C29H26ClFN6O3S. The summed E-state index contributed by atoms with van der Waals surface area (Å²) in [4.78, 5) is 39.8. The summed E-state index contributed by atoms with van der Waals surface area (Å²) >= 11 is 7.93. The number of imidazole rings is 1. The second-order valence-corrected chi connectivity index (χ2v) is 11.6. The first kappa shape index (κ1) is 26.1. The Balaban J connectivity index is 1.22. The van der Waals surface area contributed by atoms with Gasteiger partial charge in [-0.05, 0) is 48.2 Å². The third kappa shape index (κ3) is 4.67. The molecule has 1 saturated heterocycles. The number of rotatable bonds is 6. The fourth-order valence-electron chi connectivity index (χ4n) is 5.91. The second-order valence-electron chi connectivity index (χ2n) is 10.3. The number of morpholine rings is 1. The van der Waals surface area contributed by atoms with Crippen LogP contribution < -0.4 is 10.2 Å². The SMILES string of the molecule is O=C(Nc1nccs1)C(c1ncn2c1CCC2)N1Cc2c(F)cc(-c3ccc(N4CCOCC4)c(Cl)c3)cc2C1=O. The summed E-state index contributed by atoms with van der Waals surface area (Å²) in [5, 5.41) is 5.55. The van der Waals surface area contributed by atoms with Gasteiger partial charge in [0.1, 0.15) is 5.82 Å². The van der Waals surface area contributed by atoms with E-state index in [-0.39, 0.29) is 17.7 Å². The van der Waals surface area contributed by atoms with Gasteiger partial charge in [0.05, 0.1) is 42.5 Å². The van der Waals surface area contributed by atoms with Crippen LogP contribution in [0.4, 0.5) is 15.2 Å². The minimum Gasteiger partial charge on any atom is -0.378 e. The predicted octanol–water partition coefficient (Wildman–Crippen LogP) is 4.92. The maximum Gasteiger partial charge on any atom is 0.255 e. The van der Waals surface area contributed by atoms with Crippen molar-refractivity contribution in [3.05, 3.63) is 81.6 Å². The maximum absolute atomic E-state index is 15.6. The summed E-state index contributed by atoms with van der Waals surface area (Å²) in [6.07, 6.45) is 4.99. The Labute approximate surface area is 244 Å². The molecule has 12 heteroatoms. The number of carbonyl (C=O) groups is 2. The van der Waals surface area contributed by atoms with Gasteiger partial charge in [-0.25, -0.2) is 14.4 Å². The smallest absolute Gasteiger partial charge is 0.255 e. The number of aromatic nitrogens is 3. The van der Waals surface area contributed by atoms with Crippen molar-refractivity contribution in [1.29, 1.82) is 0 Å². The number of halogens is 2. The largest absolute Gasteiger partial charge is 0.378 e. The highest BCUT2D eigenvalue weighted by Gasteiger charge is 2.42. The molecule has 2 aromatic carbocycles. The fourth-order valence-corrected chi connectivity index (χ4v) is 6.74. The summed E-state index contributed by atoms with van der Waals surface area (Å²) in [7, 11) is 0. The van der Waals surface area contributed by atoms with Crippen molar-refractivity contribution in [1.82, 2.24) is 19.4 Å². The van der Waals surface area contributed by atoms with E-state index in [1.54, 1.807) is 30.0 Å². The first-order valence-corrected chi connectivity index (χ1v) is 14.7. The second kappa shape index (κ2) is 10.6.